The summed E-state index contributed by atoms with van der Waals surface area (Å²) >= 11 is 0. The summed E-state index contributed by atoms with van der Waals surface area (Å²) < 4.78 is 18.9. The molecule has 0 atom stereocenters. The highest BCUT2D eigenvalue weighted by molar-refractivity contribution is 5.97. The molecule has 1 aliphatic rings. The van der Waals surface area contributed by atoms with Crippen molar-refractivity contribution >= 4 is 11.6 Å². The zero-order chi connectivity index (χ0) is 20.9. The van der Waals surface area contributed by atoms with E-state index in [1.807, 2.05) is 24.3 Å². The number of hydrogen-bond acceptors (Lipinski definition) is 4. The predicted molar refractivity (Wildman–Crippen MR) is 113 cm³/mol. The summed E-state index contributed by atoms with van der Waals surface area (Å²) in [5.74, 6) is 0.380. The third-order valence-electron chi connectivity index (χ3n) is 5.21. The smallest absolute Gasteiger partial charge is 0.257 e. The maximum atomic E-state index is 13.1. The van der Waals surface area contributed by atoms with Gasteiger partial charge in [0.2, 0.25) is 0 Å². The Balaban J connectivity index is 1.41. The zero-order valence-corrected chi connectivity index (χ0v) is 16.5. The van der Waals surface area contributed by atoms with Gasteiger partial charge in [0.15, 0.2) is 0 Å². The molecule has 0 bridgehead atoms. The molecule has 3 aromatic carbocycles. The normalized spacial score (nSPS) is 13.9. The van der Waals surface area contributed by atoms with Crippen LogP contribution < -0.4 is 9.64 Å². The Hall–Kier alpha value is -3.54. The van der Waals surface area contributed by atoms with Gasteiger partial charge < -0.3 is 19.6 Å². The number of phenols is 1. The third-order valence-corrected chi connectivity index (χ3v) is 5.21. The van der Waals surface area contributed by atoms with E-state index in [1.54, 1.807) is 41.3 Å². The number of hydrogen-bond donors (Lipinski definition) is 1. The number of aromatic hydroxyl groups is 1. The number of nitrogens with zero attached hydrogens (tertiary/aromatic N) is 2. The van der Waals surface area contributed by atoms with Gasteiger partial charge in [0.25, 0.3) is 5.91 Å². The average molecular weight is 406 g/mol. The number of para-hydroxylation sites is 3. The highest BCUT2D eigenvalue weighted by Gasteiger charge is 2.25. The van der Waals surface area contributed by atoms with E-state index < -0.39 is 0 Å². The second-order valence-electron chi connectivity index (χ2n) is 7.18. The second-order valence-corrected chi connectivity index (χ2v) is 7.18. The Morgan fingerprint density at radius 3 is 2.30 bits per heavy atom. The number of amides is 1. The first kappa shape index (κ1) is 19.8. The van der Waals surface area contributed by atoms with Crippen LogP contribution in [0, 0.1) is 5.82 Å². The lowest BCUT2D eigenvalue weighted by atomic mass is 10.1. The first-order valence-electron chi connectivity index (χ1n) is 9.90. The molecule has 1 N–H and O–H groups in total. The molecule has 0 aliphatic carbocycles. The molecule has 1 aliphatic heterocycles. The van der Waals surface area contributed by atoms with Gasteiger partial charge >= 0.3 is 0 Å². The maximum Gasteiger partial charge on any atom is 0.257 e. The summed E-state index contributed by atoms with van der Waals surface area (Å²) in [6, 6.07) is 20.5. The van der Waals surface area contributed by atoms with E-state index in [2.05, 4.69) is 4.90 Å². The van der Waals surface area contributed by atoms with Crippen molar-refractivity contribution in [2.45, 2.75) is 6.61 Å². The first-order chi connectivity index (χ1) is 14.6. The molecule has 1 saturated heterocycles. The fraction of sp³-hybridized carbons (Fsp3) is 0.208. The van der Waals surface area contributed by atoms with Gasteiger partial charge in [0.05, 0.1) is 11.3 Å². The van der Waals surface area contributed by atoms with Crippen molar-refractivity contribution < 1.29 is 19.0 Å². The van der Waals surface area contributed by atoms with Crippen molar-refractivity contribution in [1.82, 2.24) is 4.90 Å². The predicted octanol–water partition coefficient (Wildman–Crippen LogP) is 4.07. The fourth-order valence-corrected chi connectivity index (χ4v) is 3.56. The van der Waals surface area contributed by atoms with Gasteiger partial charge in [0.1, 0.15) is 23.9 Å². The fourth-order valence-electron chi connectivity index (χ4n) is 3.56. The number of ether oxygens (including phenoxy) is 1. The average Bonchev–Trinajstić information content (AvgIpc) is 2.79. The van der Waals surface area contributed by atoms with Crippen LogP contribution in [0.1, 0.15) is 15.9 Å². The van der Waals surface area contributed by atoms with Crippen molar-refractivity contribution in [3.8, 4) is 11.5 Å². The first-order valence-corrected chi connectivity index (χ1v) is 9.90. The topological polar surface area (TPSA) is 53.0 Å². The lowest BCUT2D eigenvalue weighted by Crippen LogP contribution is -2.48. The molecule has 0 unspecified atom stereocenters. The number of rotatable bonds is 5. The van der Waals surface area contributed by atoms with E-state index in [1.165, 1.54) is 12.1 Å². The molecule has 0 saturated carbocycles. The summed E-state index contributed by atoms with van der Waals surface area (Å²) in [6.07, 6.45) is 0. The lowest BCUT2D eigenvalue weighted by molar-refractivity contribution is 0.0742. The number of benzene rings is 3. The van der Waals surface area contributed by atoms with E-state index in [0.717, 1.165) is 11.3 Å². The van der Waals surface area contributed by atoms with Crippen molar-refractivity contribution in [3.63, 3.8) is 0 Å². The van der Waals surface area contributed by atoms with E-state index >= 15 is 0 Å². The second kappa shape index (κ2) is 8.86. The maximum absolute atomic E-state index is 13.1. The molecule has 4 rings (SSSR count). The van der Waals surface area contributed by atoms with Gasteiger partial charge in [-0.3, -0.25) is 4.79 Å². The number of halogens is 1. The number of piperazine rings is 1. The molecule has 0 aromatic heterocycles. The summed E-state index contributed by atoms with van der Waals surface area (Å²) in [5.41, 5.74) is 2.12. The molecule has 0 spiro atoms. The molecule has 1 fully saturated rings. The Bertz CT molecular complexity index is 1010. The van der Waals surface area contributed by atoms with Crippen LogP contribution in [-0.2, 0) is 6.61 Å². The van der Waals surface area contributed by atoms with E-state index in [9.17, 15) is 14.3 Å². The molecular formula is C24H23FN2O3. The van der Waals surface area contributed by atoms with Crippen LogP contribution >= 0.6 is 0 Å². The highest BCUT2D eigenvalue weighted by Crippen LogP contribution is 2.28. The van der Waals surface area contributed by atoms with Crippen LogP contribution in [0.5, 0.6) is 11.5 Å². The minimum atomic E-state index is -0.294. The monoisotopic (exact) mass is 406 g/mol. The van der Waals surface area contributed by atoms with Crippen LogP contribution in [0.25, 0.3) is 0 Å². The zero-order valence-electron chi connectivity index (χ0n) is 16.5. The minimum absolute atomic E-state index is 0.0818. The molecule has 154 valence electrons. The van der Waals surface area contributed by atoms with Crippen molar-refractivity contribution in [3.05, 3.63) is 89.7 Å². The largest absolute Gasteiger partial charge is 0.506 e. The summed E-state index contributed by atoms with van der Waals surface area (Å²) in [5, 5.41) is 10.1. The van der Waals surface area contributed by atoms with E-state index in [-0.39, 0.29) is 24.1 Å². The third kappa shape index (κ3) is 4.38. The molecule has 1 heterocycles. The van der Waals surface area contributed by atoms with Crippen LogP contribution in [0.4, 0.5) is 10.1 Å². The molecule has 6 heteroatoms. The van der Waals surface area contributed by atoms with Crippen LogP contribution in [0.3, 0.4) is 0 Å². The molecule has 5 nitrogen and oxygen atoms in total. The van der Waals surface area contributed by atoms with Gasteiger partial charge in [-0.2, -0.15) is 0 Å². The lowest BCUT2D eigenvalue weighted by Gasteiger charge is -2.36. The molecular weight excluding hydrogens is 383 g/mol. The number of phenolic OH excluding ortho intramolecular Hbond substituents is 1. The van der Waals surface area contributed by atoms with Gasteiger partial charge in [-0.1, -0.05) is 36.4 Å². The summed E-state index contributed by atoms with van der Waals surface area (Å²) in [7, 11) is 0. The van der Waals surface area contributed by atoms with Gasteiger partial charge in [-0.15, -0.1) is 0 Å². The Morgan fingerprint density at radius 2 is 1.57 bits per heavy atom. The SMILES string of the molecule is O=C(c1ccccc1OCc1ccc(F)cc1)N1CCN(c2ccccc2O)CC1. The van der Waals surface area contributed by atoms with Crippen molar-refractivity contribution in [2.75, 3.05) is 31.1 Å². The molecule has 0 radical (unpaired) electrons. The number of anilines is 1. The van der Waals surface area contributed by atoms with Gasteiger partial charge in [-0.25, -0.2) is 4.39 Å². The standard InChI is InChI=1S/C24H23FN2O3/c25-19-11-9-18(10-12-19)17-30-23-8-4-1-5-20(23)24(29)27-15-13-26(14-16-27)21-6-2-3-7-22(21)28/h1-12,28H,13-17H2. The van der Waals surface area contributed by atoms with Crippen molar-refractivity contribution in [1.29, 1.82) is 0 Å². The van der Waals surface area contributed by atoms with Crippen LogP contribution in [-0.4, -0.2) is 42.1 Å². The molecule has 30 heavy (non-hydrogen) atoms. The Morgan fingerprint density at radius 1 is 0.900 bits per heavy atom. The van der Waals surface area contributed by atoms with Gasteiger partial charge in [-0.05, 0) is 42.0 Å². The quantitative estimate of drug-likeness (QED) is 0.694. The summed E-state index contributed by atoms with van der Waals surface area (Å²) in [4.78, 5) is 17.0. The van der Waals surface area contributed by atoms with E-state index in [0.29, 0.717) is 37.5 Å². The Labute approximate surface area is 174 Å². The summed E-state index contributed by atoms with van der Waals surface area (Å²) in [6.45, 7) is 2.65. The minimum Gasteiger partial charge on any atom is -0.506 e. The highest BCUT2D eigenvalue weighted by atomic mass is 19.1. The molecule has 1 amide bonds. The Kier molecular flexibility index (Phi) is 5.84. The molecule has 3 aromatic rings. The van der Waals surface area contributed by atoms with Gasteiger partial charge in [0, 0.05) is 26.2 Å². The van der Waals surface area contributed by atoms with Crippen molar-refractivity contribution in [2.24, 2.45) is 0 Å². The van der Waals surface area contributed by atoms with Crippen LogP contribution in [0.2, 0.25) is 0 Å². The number of carbonyl (C=O) groups is 1. The van der Waals surface area contributed by atoms with Crippen LogP contribution in [0.15, 0.2) is 72.8 Å². The number of carbonyl (C=O) groups excluding carboxylic acids is 1. The van der Waals surface area contributed by atoms with E-state index in [4.69, 9.17) is 4.74 Å².